The molecule has 0 fully saturated rings. The third-order valence-electron chi connectivity index (χ3n) is 1.85. The zero-order valence-electron chi connectivity index (χ0n) is 10.6. The van der Waals surface area contributed by atoms with Crippen molar-refractivity contribution in [3.63, 3.8) is 0 Å². The summed E-state index contributed by atoms with van der Waals surface area (Å²) in [6.45, 7) is 12.5. The zero-order chi connectivity index (χ0) is 11.8. The van der Waals surface area contributed by atoms with Crippen molar-refractivity contribution in [1.29, 1.82) is 0 Å². The molecule has 0 heterocycles. The monoisotopic (exact) mass is 207 g/mol. The molecule has 0 bridgehead atoms. The minimum Gasteiger partial charge on any atom is -0.400 e. The summed E-state index contributed by atoms with van der Waals surface area (Å²) in [7, 11) is 1.00. The van der Waals surface area contributed by atoms with Crippen molar-refractivity contribution in [3.05, 3.63) is 0 Å². The van der Waals surface area contributed by atoms with Crippen LogP contribution in [-0.4, -0.2) is 48.5 Å². The summed E-state index contributed by atoms with van der Waals surface area (Å²) < 4.78 is 0. The molecule has 0 aliphatic rings. The van der Waals surface area contributed by atoms with Crippen molar-refractivity contribution < 1.29 is 10.2 Å². The number of rotatable bonds is 5. The van der Waals surface area contributed by atoms with Crippen LogP contribution in [0, 0.1) is 0 Å². The summed E-state index contributed by atoms with van der Waals surface area (Å²) >= 11 is 0. The van der Waals surface area contributed by atoms with Gasteiger partial charge in [-0.25, -0.2) is 0 Å². The molecule has 90 valence electrons. The van der Waals surface area contributed by atoms with Gasteiger partial charge in [-0.3, -0.25) is 0 Å². The van der Waals surface area contributed by atoms with Crippen LogP contribution < -0.4 is 0 Å². The van der Waals surface area contributed by atoms with Crippen LogP contribution >= 0.6 is 0 Å². The van der Waals surface area contributed by atoms with Gasteiger partial charge in [0.2, 0.25) is 0 Å². The van der Waals surface area contributed by atoms with E-state index in [4.69, 9.17) is 10.2 Å². The smallest absolute Gasteiger partial charge is 0.0430 e. The van der Waals surface area contributed by atoms with Crippen molar-refractivity contribution in [2.24, 2.45) is 0 Å². The molecule has 2 N–H and O–H groups in total. The molecular weight excluding hydrogens is 178 g/mol. The molecule has 0 aromatic rings. The van der Waals surface area contributed by atoms with Gasteiger partial charge in [-0.1, -0.05) is 34.1 Å². The fraction of sp³-hybridized carbons (Fsp3) is 1.00. The molecule has 0 saturated carbocycles. The first-order valence-electron chi connectivity index (χ1n) is 5.54. The maximum absolute atomic E-state index is 8.07. The molecule has 0 aliphatic carbocycles. The van der Waals surface area contributed by atoms with Gasteiger partial charge < -0.3 is 15.1 Å². The molecule has 0 unspecified atom stereocenters. The fourth-order valence-electron chi connectivity index (χ4n) is 0.829. The quantitative estimate of drug-likeness (QED) is 0.721. The molecule has 0 saturated heterocycles. The lowest BCUT2D eigenvalue weighted by atomic mass is 10.4. The average molecular weight is 207 g/mol. The van der Waals surface area contributed by atoms with Gasteiger partial charge in [0.25, 0.3) is 0 Å². The van der Waals surface area contributed by atoms with E-state index in [-0.39, 0.29) is 0 Å². The minimum absolute atomic E-state index is 0.344. The molecule has 14 heavy (non-hydrogen) atoms. The highest BCUT2D eigenvalue weighted by atomic mass is 16.3. The Labute approximate surface area is 89.7 Å². The Bertz CT molecular complexity index is 58.8. The van der Waals surface area contributed by atoms with E-state index in [9.17, 15) is 0 Å². The summed E-state index contributed by atoms with van der Waals surface area (Å²) in [6, 6.07) is 0. The molecule has 0 atom stereocenters. The van der Waals surface area contributed by atoms with Crippen LogP contribution in [0.4, 0.5) is 0 Å². The Balaban J connectivity index is -0.000000152. The van der Waals surface area contributed by atoms with Gasteiger partial charge in [0.1, 0.15) is 0 Å². The maximum atomic E-state index is 8.07. The number of hydrogen-bond donors (Lipinski definition) is 2. The fourth-order valence-corrected chi connectivity index (χ4v) is 0.829. The highest BCUT2D eigenvalue weighted by Gasteiger charge is 1.89. The van der Waals surface area contributed by atoms with Crippen molar-refractivity contribution in [3.8, 4) is 0 Å². The lowest BCUT2D eigenvalue weighted by Crippen LogP contribution is -2.21. The second kappa shape index (κ2) is 23.1. The molecular formula is C11H29NO2. The van der Waals surface area contributed by atoms with Gasteiger partial charge in [0, 0.05) is 13.7 Å². The molecule has 0 aromatic heterocycles. The Morgan fingerprint density at radius 2 is 1.21 bits per heavy atom. The van der Waals surface area contributed by atoms with E-state index in [0.717, 1.165) is 20.0 Å². The van der Waals surface area contributed by atoms with Crippen LogP contribution in [0.25, 0.3) is 0 Å². The normalized spacial score (nSPS) is 8.57. The van der Waals surface area contributed by atoms with E-state index >= 15 is 0 Å². The predicted molar refractivity (Wildman–Crippen MR) is 63.6 cm³/mol. The predicted octanol–water partition coefficient (Wildman–Crippen LogP) is 1.74. The van der Waals surface area contributed by atoms with Crippen LogP contribution in [0.3, 0.4) is 0 Å². The van der Waals surface area contributed by atoms with E-state index < -0.39 is 0 Å². The van der Waals surface area contributed by atoms with E-state index in [1.54, 1.807) is 0 Å². The van der Waals surface area contributed by atoms with Crippen molar-refractivity contribution in [2.45, 2.75) is 40.5 Å². The third-order valence-corrected chi connectivity index (χ3v) is 1.85. The number of aliphatic hydroxyl groups excluding tert-OH is 2. The van der Waals surface area contributed by atoms with Gasteiger partial charge in [0.15, 0.2) is 0 Å². The SMILES string of the molecule is CCCCO.CCN(CC)CC.CO. The molecule has 0 radical (unpaired) electrons. The first-order valence-corrected chi connectivity index (χ1v) is 5.54. The van der Waals surface area contributed by atoms with Crippen LogP contribution in [0.1, 0.15) is 40.5 Å². The molecule has 0 rings (SSSR count). The van der Waals surface area contributed by atoms with Crippen molar-refractivity contribution in [2.75, 3.05) is 33.4 Å². The third kappa shape index (κ3) is 22.6. The van der Waals surface area contributed by atoms with Crippen molar-refractivity contribution >= 4 is 0 Å². The zero-order valence-corrected chi connectivity index (χ0v) is 10.6. The van der Waals surface area contributed by atoms with Gasteiger partial charge in [-0.2, -0.15) is 0 Å². The number of hydrogen-bond acceptors (Lipinski definition) is 3. The van der Waals surface area contributed by atoms with E-state index in [1.807, 2.05) is 0 Å². The second-order valence-electron chi connectivity index (χ2n) is 2.70. The van der Waals surface area contributed by atoms with E-state index in [1.165, 1.54) is 19.6 Å². The summed E-state index contributed by atoms with van der Waals surface area (Å²) in [5.41, 5.74) is 0. The van der Waals surface area contributed by atoms with Crippen LogP contribution in [0.5, 0.6) is 0 Å². The molecule has 0 aliphatic heterocycles. The molecule has 3 heteroatoms. The summed E-state index contributed by atoms with van der Waals surface area (Å²) in [6.07, 6.45) is 2.04. The minimum atomic E-state index is 0.344. The summed E-state index contributed by atoms with van der Waals surface area (Å²) in [5, 5.41) is 15.1. The average Bonchev–Trinajstić information content (AvgIpc) is 2.25. The van der Waals surface area contributed by atoms with Crippen LogP contribution in [0.15, 0.2) is 0 Å². The second-order valence-corrected chi connectivity index (χ2v) is 2.70. The molecule has 0 amide bonds. The lowest BCUT2D eigenvalue weighted by molar-refractivity contribution is 0.287. The van der Waals surface area contributed by atoms with E-state index in [0.29, 0.717) is 6.61 Å². The van der Waals surface area contributed by atoms with Crippen LogP contribution in [-0.2, 0) is 0 Å². The Morgan fingerprint density at radius 3 is 1.21 bits per heavy atom. The van der Waals surface area contributed by atoms with Crippen molar-refractivity contribution in [1.82, 2.24) is 4.90 Å². The Hall–Kier alpha value is -0.120. The van der Waals surface area contributed by atoms with Gasteiger partial charge in [-0.15, -0.1) is 0 Å². The van der Waals surface area contributed by atoms with Gasteiger partial charge in [-0.05, 0) is 26.1 Å². The standard InChI is InChI=1S/C6H15N.C4H10O.CH4O/c1-4-7(5-2)6-3;1-2-3-4-5;1-2/h4-6H2,1-3H3;5H,2-4H2,1H3;2H,1H3. The highest BCUT2D eigenvalue weighted by Crippen LogP contribution is 1.81. The molecule has 3 nitrogen and oxygen atoms in total. The Kier molecular flexibility index (Phi) is 32.0. The topological polar surface area (TPSA) is 43.7 Å². The molecule has 0 aromatic carbocycles. The first kappa shape index (κ1) is 19.5. The molecule has 0 spiro atoms. The van der Waals surface area contributed by atoms with Gasteiger partial charge in [0.05, 0.1) is 0 Å². The number of aliphatic hydroxyl groups is 2. The summed E-state index contributed by atoms with van der Waals surface area (Å²) in [4.78, 5) is 2.38. The summed E-state index contributed by atoms with van der Waals surface area (Å²) in [5.74, 6) is 0. The van der Waals surface area contributed by atoms with Gasteiger partial charge >= 0.3 is 0 Å². The maximum Gasteiger partial charge on any atom is 0.0430 e. The number of nitrogens with zero attached hydrogens (tertiary/aromatic N) is 1. The van der Waals surface area contributed by atoms with E-state index in [2.05, 4.69) is 32.6 Å². The lowest BCUT2D eigenvalue weighted by Gasteiger charge is -2.13. The van der Waals surface area contributed by atoms with Crippen LogP contribution in [0.2, 0.25) is 0 Å². The largest absolute Gasteiger partial charge is 0.400 e. The Morgan fingerprint density at radius 1 is 0.857 bits per heavy atom. The highest BCUT2D eigenvalue weighted by molar-refractivity contribution is 4.43. The number of unbranched alkanes of at least 4 members (excludes halogenated alkanes) is 1. The first-order chi connectivity index (χ1) is 6.76.